The topological polar surface area (TPSA) is 21.3 Å². The SMILES string of the molecule is CC(C)CC(CCl)NCCOc1ccc(Br)cc1. The van der Waals surface area contributed by atoms with E-state index >= 15 is 0 Å². The van der Waals surface area contributed by atoms with Crippen molar-refractivity contribution in [3.63, 3.8) is 0 Å². The standard InChI is InChI=1S/C14H21BrClNO/c1-11(2)9-13(10-16)17-7-8-18-14-5-3-12(15)4-6-14/h3-6,11,13,17H,7-10H2,1-2H3. The number of nitrogens with one attached hydrogen (secondary N) is 1. The Morgan fingerprint density at radius 3 is 2.50 bits per heavy atom. The van der Waals surface area contributed by atoms with Crippen LogP contribution in [0.15, 0.2) is 28.7 Å². The molecule has 0 amide bonds. The van der Waals surface area contributed by atoms with Crippen LogP contribution in [0.1, 0.15) is 20.3 Å². The minimum atomic E-state index is 0.375. The van der Waals surface area contributed by atoms with E-state index in [1.165, 1.54) is 0 Å². The van der Waals surface area contributed by atoms with Gasteiger partial charge in [-0.25, -0.2) is 0 Å². The second-order valence-electron chi connectivity index (χ2n) is 4.74. The van der Waals surface area contributed by atoms with Crippen LogP contribution in [-0.2, 0) is 0 Å². The maximum atomic E-state index is 5.92. The largest absolute Gasteiger partial charge is 0.492 e. The smallest absolute Gasteiger partial charge is 0.119 e. The lowest BCUT2D eigenvalue weighted by Gasteiger charge is -2.18. The van der Waals surface area contributed by atoms with Gasteiger partial charge >= 0.3 is 0 Å². The molecule has 1 unspecified atom stereocenters. The lowest BCUT2D eigenvalue weighted by atomic mass is 10.1. The third-order valence-electron chi connectivity index (χ3n) is 2.56. The summed E-state index contributed by atoms with van der Waals surface area (Å²) in [6.45, 7) is 5.90. The summed E-state index contributed by atoms with van der Waals surface area (Å²) < 4.78 is 6.70. The Morgan fingerprint density at radius 2 is 1.94 bits per heavy atom. The fraction of sp³-hybridized carbons (Fsp3) is 0.571. The van der Waals surface area contributed by atoms with Crippen LogP contribution in [0, 0.1) is 5.92 Å². The number of ether oxygens (including phenoxy) is 1. The summed E-state index contributed by atoms with van der Waals surface area (Å²) in [5, 5.41) is 3.42. The zero-order chi connectivity index (χ0) is 13.4. The summed E-state index contributed by atoms with van der Waals surface area (Å²) in [6, 6.07) is 8.24. The second-order valence-corrected chi connectivity index (χ2v) is 5.96. The Balaban J connectivity index is 2.19. The molecule has 0 bridgehead atoms. The van der Waals surface area contributed by atoms with Crippen LogP contribution in [0.3, 0.4) is 0 Å². The Bertz CT molecular complexity index is 329. The molecular formula is C14H21BrClNO. The minimum Gasteiger partial charge on any atom is -0.492 e. The van der Waals surface area contributed by atoms with Crippen molar-refractivity contribution in [2.75, 3.05) is 19.0 Å². The average Bonchev–Trinajstić information content (AvgIpc) is 2.34. The van der Waals surface area contributed by atoms with Crippen molar-refractivity contribution < 1.29 is 4.74 Å². The van der Waals surface area contributed by atoms with Gasteiger partial charge in [0.15, 0.2) is 0 Å². The Labute approximate surface area is 123 Å². The van der Waals surface area contributed by atoms with E-state index in [2.05, 4.69) is 35.1 Å². The zero-order valence-corrected chi connectivity index (χ0v) is 13.3. The Kier molecular flexibility index (Phi) is 7.71. The second kappa shape index (κ2) is 8.78. The number of hydrogen-bond acceptors (Lipinski definition) is 2. The Hall–Kier alpha value is -0.250. The number of alkyl halides is 1. The Morgan fingerprint density at radius 1 is 1.28 bits per heavy atom. The first-order valence-electron chi connectivity index (χ1n) is 6.29. The molecule has 0 fully saturated rings. The number of halogens is 2. The van der Waals surface area contributed by atoms with Crippen molar-refractivity contribution in [1.29, 1.82) is 0 Å². The molecule has 0 aliphatic carbocycles. The fourth-order valence-corrected chi connectivity index (χ4v) is 2.23. The van der Waals surface area contributed by atoms with Crippen LogP contribution in [-0.4, -0.2) is 25.1 Å². The van der Waals surface area contributed by atoms with Gasteiger partial charge in [0.2, 0.25) is 0 Å². The number of rotatable bonds is 8. The molecule has 0 saturated carbocycles. The molecule has 1 N–H and O–H groups in total. The predicted octanol–water partition coefficient (Wildman–Crippen LogP) is 4.07. The highest BCUT2D eigenvalue weighted by molar-refractivity contribution is 9.10. The third kappa shape index (κ3) is 6.62. The van der Waals surface area contributed by atoms with E-state index in [1.54, 1.807) is 0 Å². The van der Waals surface area contributed by atoms with E-state index in [-0.39, 0.29) is 0 Å². The highest BCUT2D eigenvalue weighted by atomic mass is 79.9. The lowest BCUT2D eigenvalue weighted by Crippen LogP contribution is -2.35. The van der Waals surface area contributed by atoms with Gasteiger partial charge < -0.3 is 10.1 Å². The summed E-state index contributed by atoms with van der Waals surface area (Å²) in [7, 11) is 0. The van der Waals surface area contributed by atoms with Gasteiger partial charge in [0.25, 0.3) is 0 Å². The lowest BCUT2D eigenvalue weighted by molar-refractivity contribution is 0.301. The molecular weight excluding hydrogens is 314 g/mol. The van der Waals surface area contributed by atoms with Crippen LogP contribution in [0.25, 0.3) is 0 Å². The van der Waals surface area contributed by atoms with Gasteiger partial charge in [-0.3, -0.25) is 0 Å². The summed E-state index contributed by atoms with van der Waals surface area (Å²) in [5.41, 5.74) is 0. The van der Waals surface area contributed by atoms with Crippen LogP contribution in [0.5, 0.6) is 5.75 Å². The molecule has 4 heteroatoms. The fourth-order valence-electron chi connectivity index (χ4n) is 1.73. The van der Waals surface area contributed by atoms with Gasteiger partial charge in [-0.2, -0.15) is 0 Å². The van der Waals surface area contributed by atoms with Crippen LogP contribution < -0.4 is 10.1 Å². The summed E-state index contributed by atoms with van der Waals surface area (Å²) >= 11 is 9.31. The van der Waals surface area contributed by atoms with Gasteiger partial charge in [0.1, 0.15) is 12.4 Å². The minimum absolute atomic E-state index is 0.375. The van der Waals surface area contributed by atoms with Gasteiger partial charge in [0.05, 0.1) is 0 Å². The van der Waals surface area contributed by atoms with Crippen LogP contribution in [0.4, 0.5) is 0 Å². The molecule has 1 rings (SSSR count). The van der Waals surface area contributed by atoms with Crippen LogP contribution >= 0.6 is 27.5 Å². The van der Waals surface area contributed by atoms with Crippen molar-refractivity contribution in [2.45, 2.75) is 26.3 Å². The van der Waals surface area contributed by atoms with Gasteiger partial charge in [-0.05, 0) is 36.6 Å². The van der Waals surface area contributed by atoms with E-state index in [0.29, 0.717) is 24.4 Å². The maximum Gasteiger partial charge on any atom is 0.119 e. The molecule has 0 spiro atoms. The normalized spacial score (nSPS) is 12.7. The first-order valence-corrected chi connectivity index (χ1v) is 7.62. The summed E-state index contributed by atoms with van der Waals surface area (Å²) in [4.78, 5) is 0. The third-order valence-corrected chi connectivity index (χ3v) is 3.46. The summed E-state index contributed by atoms with van der Waals surface area (Å²) in [6.07, 6.45) is 1.10. The highest BCUT2D eigenvalue weighted by Gasteiger charge is 2.08. The summed E-state index contributed by atoms with van der Waals surface area (Å²) in [5.74, 6) is 2.20. The van der Waals surface area contributed by atoms with Crippen molar-refractivity contribution >= 4 is 27.5 Å². The van der Waals surface area contributed by atoms with E-state index in [9.17, 15) is 0 Å². The number of benzene rings is 1. The molecule has 0 heterocycles. The van der Waals surface area contributed by atoms with E-state index in [0.717, 1.165) is 23.2 Å². The zero-order valence-electron chi connectivity index (χ0n) is 11.0. The van der Waals surface area contributed by atoms with Crippen molar-refractivity contribution in [3.8, 4) is 5.75 Å². The molecule has 0 aliphatic rings. The first-order chi connectivity index (χ1) is 8.61. The van der Waals surface area contributed by atoms with Crippen molar-refractivity contribution in [1.82, 2.24) is 5.32 Å². The monoisotopic (exact) mass is 333 g/mol. The quantitative estimate of drug-likeness (QED) is 0.571. The van der Waals surface area contributed by atoms with E-state index < -0.39 is 0 Å². The first kappa shape index (κ1) is 15.8. The molecule has 0 aromatic heterocycles. The molecule has 0 aliphatic heterocycles. The highest BCUT2D eigenvalue weighted by Crippen LogP contribution is 2.15. The average molecular weight is 335 g/mol. The van der Waals surface area contributed by atoms with Gasteiger partial charge in [-0.1, -0.05) is 29.8 Å². The predicted molar refractivity (Wildman–Crippen MR) is 81.6 cm³/mol. The molecule has 1 atom stereocenters. The van der Waals surface area contributed by atoms with Crippen molar-refractivity contribution in [2.24, 2.45) is 5.92 Å². The van der Waals surface area contributed by atoms with Gasteiger partial charge in [-0.15, -0.1) is 11.6 Å². The molecule has 0 saturated heterocycles. The number of hydrogen-bond donors (Lipinski definition) is 1. The van der Waals surface area contributed by atoms with Crippen LogP contribution in [0.2, 0.25) is 0 Å². The van der Waals surface area contributed by atoms with E-state index in [1.807, 2.05) is 24.3 Å². The molecule has 18 heavy (non-hydrogen) atoms. The molecule has 1 aromatic rings. The molecule has 102 valence electrons. The molecule has 0 radical (unpaired) electrons. The van der Waals surface area contributed by atoms with E-state index in [4.69, 9.17) is 16.3 Å². The maximum absolute atomic E-state index is 5.92. The molecule has 2 nitrogen and oxygen atoms in total. The molecule has 1 aromatic carbocycles. The van der Waals surface area contributed by atoms with Gasteiger partial charge in [0, 0.05) is 22.9 Å². The van der Waals surface area contributed by atoms with Crippen molar-refractivity contribution in [3.05, 3.63) is 28.7 Å².